The standard InChI is InChI=1S/C9H16OS.C2H6/c1-5-8(2)9(11-4)6-7-10-3;1-2/h5H,1,6-7H2,2-4H3;1-2H3/b9-8-;. The van der Waals surface area contributed by atoms with Gasteiger partial charge in [-0.05, 0) is 23.7 Å². The highest BCUT2D eigenvalue weighted by Gasteiger charge is 1.97. The van der Waals surface area contributed by atoms with Crippen molar-refractivity contribution < 1.29 is 4.74 Å². The Balaban J connectivity index is 0. The third-order valence-electron chi connectivity index (χ3n) is 1.53. The minimum absolute atomic E-state index is 0.793. The van der Waals surface area contributed by atoms with Crippen LogP contribution in [0.5, 0.6) is 0 Å². The molecule has 0 N–H and O–H groups in total. The fraction of sp³-hybridized carbons (Fsp3) is 0.636. The summed E-state index contributed by atoms with van der Waals surface area (Å²) in [6.07, 6.45) is 4.97. The van der Waals surface area contributed by atoms with Gasteiger partial charge in [-0.25, -0.2) is 0 Å². The lowest BCUT2D eigenvalue weighted by molar-refractivity contribution is 0.203. The highest BCUT2D eigenvalue weighted by Crippen LogP contribution is 2.20. The van der Waals surface area contributed by atoms with Crippen molar-refractivity contribution >= 4 is 11.8 Å². The first kappa shape index (κ1) is 15.3. The first-order valence-electron chi connectivity index (χ1n) is 4.61. The summed E-state index contributed by atoms with van der Waals surface area (Å²) >= 11 is 1.77. The van der Waals surface area contributed by atoms with Crippen molar-refractivity contribution in [2.45, 2.75) is 27.2 Å². The number of allylic oxidation sites excluding steroid dienone is 2. The van der Waals surface area contributed by atoms with Gasteiger partial charge in [0.2, 0.25) is 0 Å². The molecule has 78 valence electrons. The maximum absolute atomic E-state index is 4.99. The van der Waals surface area contributed by atoms with Gasteiger partial charge in [0.25, 0.3) is 0 Å². The summed E-state index contributed by atoms with van der Waals surface area (Å²) in [5.74, 6) is 0. The van der Waals surface area contributed by atoms with Gasteiger partial charge in [-0.1, -0.05) is 26.5 Å². The van der Waals surface area contributed by atoms with Crippen LogP contribution in [0.4, 0.5) is 0 Å². The summed E-state index contributed by atoms with van der Waals surface area (Å²) in [5.41, 5.74) is 1.26. The second-order valence-electron chi connectivity index (χ2n) is 2.26. The van der Waals surface area contributed by atoms with E-state index in [2.05, 4.69) is 19.8 Å². The average Bonchev–Trinajstić information content (AvgIpc) is 2.21. The Bertz CT molecular complexity index is 150. The SMILES string of the molecule is C=C/C(C)=C(/CCOC)SC.CC. The van der Waals surface area contributed by atoms with Gasteiger partial charge in [0.15, 0.2) is 0 Å². The van der Waals surface area contributed by atoms with Gasteiger partial charge in [-0.3, -0.25) is 0 Å². The zero-order valence-electron chi connectivity index (χ0n) is 9.52. The molecular weight excluding hydrogens is 180 g/mol. The van der Waals surface area contributed by atoms with E-state index < -0.39 is 0 Å². The van der Waals surface area contributed by atoms with Gasteiger partial charge in [0.1, 0.15) is 0 Å². The summed E-state index contributed by atoms with van der Waals surface area (Å²) in [5, 5.41) is 0. The molecule has 0 aliphatic carbocycles. The molecule has 0 aromatic rings. The second kappa shape index (κ2) is 11.8. The molecule has 0 aromatic heterocycles. The number of methoxy groups -OCH3 is 1. The smallest absolute Gasteiger partial charge is 0.0507 e. The highest BCUT2D eigenvalue weighted by atomic mass is 32.2. The minimum Gasteiger partial charge on any atom is -0.384 e. The van der Waals surface area contributed by atoms with Gasteiger partial charge in [-0.15, -0.1) is 11.8 Å². The summed E-state index contributed by atoms with van der Waals surface area (Å²) < 4.78 is 4.99. The van der Waals surface area contributed by atoms with Crippen LogP contribution in [0.2, 0.25) is 0 Å². The van der Waals surface area contributed by atoms with Crippen LogP contribution < -0.4 is 0 Å². The molecule has 0 heterocycles. The van der Waals surface area contributed by atoms with Crippen molar-refractivity contribution in [1.82, 2.24) is 0 Å². The monoisotopic (exact) mass is 202 g/mol. The molecule has 1 nitrogen and oxygen atoms in total. The molecule has 0 aromatic carbocycles. The molecule has 13 heavy (non-hydrogen) atoms. The van der Waals surface area contributed by atoms with E-state index in [0.29, 0.717) is 0 Å². The van der Waals surface area contributed by atoms with Gasteiger partial charge < -0.3 is 4.74 Å². The lowest BCUT2D eigenvalue weighted by Gasteiger charge is -2.05. The molecule has 0 spiro atoms. The normalized spacial score (nSPS) is 11.2. The van der Waals surface area contributed by atoms with Crippen molar-refractivity contribution in [3.05, 3.63) is 23.1 Å². The Morgan fingerprint density at radius 1 is 1.46 bits per heavy atom. The molecule has 0 fully saturated rings. The van der Waals surface area contributed by atoms with E-state index in [-0.39, 0.29) is 0 Å². The molecule has 0 aliphatic heterocycles. The zero-order chi connectivity index (χ0) is 10.7. The van der Waals surface area contributed by atoms with E-state index in [1.54, 1.807) is 18.9 Å². The van der Waals surface area contributed by atoms with Crippen LogP contribution in [0.15, 0.2) is 23.1 Å². The van der Waals surface area contributed by atoms with Crippen LogP contribution in [-0.4, -0.2) is 20.0 Å². The molecule has 0 rings (SSSR count). The van der Waals surface area contributed by atoms with E-state index in [9.17, 15) is 0 Å². The number of ether oxygens (including phenoxy) is 1. The molecular formula is C11H22OS. The van der Waals surface area contributed by atoms with Crippen LogP contribution in [0, 0.1) is 0 Å². The predicted octanol–water partition coefficient (Wildman–Crippen LogP) is 3.87. The van der Waals surface area contributed by atoms with Crippen molar-refractivity contribution in [1.29, 1.82) is 0 Å². The Morgan fingerprint density at radius 2 is 2.00 bits per heavy atom. The van der Waals surface area contributed by atoms with Crippen LogP contribution in [0.1, 0.15) is 27.2 Å². The third-order valence-corrected chi connectivity index (χ3v) is 2.54. The van der Waals surface area contributed by atoms with E-state index in [0.717, 1.165) is 13.0 Å². The van der Waals surface area contributed by atoms with Crippen LogP contribution >= 0.6 is 11.8 Å². The molecule has 0 radical (unpaired) electrons. The molecule has 0 unspecified atom stereocenters. The van der Waals surface area contributed by atoms with Gasteiger partial charge in [-0.2, -0.15) is 0 Å². The minimum atomic E-state index is 0.793. The fourth-order valence-electron chi connectivity index (χ4n) is 0.769. The molecule has 0 saturated carbocycles. The highest BCUT2D eigenvalue weighted by molar-refractivity contribution is 8.02. The first-order chi connectivity index (χ1) is 6.26. The van der Waals surface area contributed by atoms with Crippen molar-refractivity contribution in [3.63, 3.8) is 0 Å². The van der Waals surface area contributed by atoms with E-state index in [1.165, 1.54) is 10.5 Å². The lowest BCUT2D eigenvalue weighted by atomic mass is 10.2. The molecule has 0 aliphatic rings. The third kappa shape index (κ3) is 8.13. The van der Waals surface area contributed by atoms with E-state index in [1.807, 2.05) is 19.9 Å². The molecule has 0 atom stereocenters. The summed E-state index contributed by atoms with van der Waals surface area (Å²) in [6, 6.07) is 0. The van der Waals surface area contributed by atoms with Crippen LogP contribution in [-0.2, 0) is 4.74 Å². The Labute approximate surface area is 87.3 Å². The van der Waals surface area contributed by atoms with Gasteiger partial charge in [0.05, 0.1) is 6.61 Å². The number of rotatable bonds is 5. The van der Waals surface area contributed by atoms with Gasteiger partial charge >= 0.3 is 0 Å². The number of hydrogen-bond acceptors (Lipinski definition) is 2. The maximum atomic E-state index is 4.99. The number of thioether (sulfide) groups is 1. The average molecular weight is 202 g/mol. The summed E-state index contributed by atoms with van der Waals surface area (Å²) in [6.45, 7) is 10.6. The van der Waals surface area contributed by atoms with Crippen molar-refractivity contribution in [2.24, 2.45) is 0 Å². The zero-order valence-corrected chi connectivity index (χ0v) is 10.3. The first-order valence-corrected chi connectivity index (χ1v) is 5.83. The number of hydrogen-bond donors (Lipinski definition) is 0. The summed E-state index contributed by atoms with van der Waals surface area (Å²) in [7, 11) is 1.72. The molecule has 2 heteroatoms. The van der Waals surface area contributed by atoms with Crippen LogP contribution in [0.3, 0.4) is 0 Å². The maximum Gasteiger partial charge on any atom is 0.0507 e. The Kier molecular flexibility index (Phi) is 13.8. The van der Waals surface area contributed by atoms with Crippen LogP contribution in [0.25, 0.3) is 0 Å². The van der Waals surface area contributed by atoms with Crippen molar-refractivity contribution in [3.8, 4) is 0 Å². The molecule has 0 bridgehead atoms. The Morgan fingerprint density at radius 3 is 2.31 bits per heavy atom. The quantitative estimate of drug-likeness (QED) is 0.626. The fourth-order valence-corrected chi connectivity index (χ4v) is 1.46. The predicted molar refractivity (Wildman–Crippen MR) is 64.3 cm³/mol. The van der Waals surface area contributed by atoms with Gasteiger partial charge in [0, 0.05) is 13.5 Å². The van der Waals surface area contributed by atoms with E-state index in [4.69, 9.17) is 4.74 Å². The largest absolute Gasteiger partial charge is 0.384 e. The summed E-state index contributed by atoms with van der Waals surface area (Å²) in [4.78, 5) is 1.36. The lowest BCUT2D eigenvalue weighted by Crippen LogP contribution is -1.90. The molecule has 0 amide bonds. The topological polar surface area (TPSA) is 9.23 Å². The second-order valence-corrected chi connectivity index (χ2v) is 3.16. The van der Waals surface area contributed by atoms with Crippen molar-refractivity contribution in [2.75, 3.05) is 20.0 Å². The Hall–Kier alpha value is -0.210. The molecule has 0 saturated heterocycles. The van der Waals surface area contributed by atoms with E-state index >= 15 is 0 Å².